The molecule has 0 aliphatic carbocycles. The summed E-state index contributed by atoms with van der Waals surface area (Å²) >= 11 is 0. The Bertz CT molecular complexity index is 341. The molecule has 4 heteroatoms. The van der Waals surface area contributed by atoms with E-state index in [1.165, 1.54) is 0 Å². The Kier molecular flexibility index (Phi) is 4.36. The van der Waals surface area contributed by atoms with E-state index in [4.69, 9.17) is 0 Å². The minimum atomic E-state index is -0.412. The van der Waals surface area contributed by atoms with Gasteiger partial charge in [-0.05, 0) is 20.3 Å². The van der Waals surface area contributed by atoms with E-state index in [0.29, 0.717) is 19.4 Å². The zero-order valence-electron chi connectivity index (χ0n) is 10.0. The minimum absolute atomic E-state index is 0.00986. The summed E-state index contributed by atoms with van der Waals surface area (Å²) < 4.78 is 0. The smallest absolute Gasteiger partial charge is 0.245 e. The van der Waals surface area contributed by atoms with Gasteiger partial charge in [-0.25, -0.2) is 0 Å². The van der Waals surface area contributed by atoms with Crippen molar-refractivity contribution in [3.8, 4) is 11.8 Å². The molecule has 0 saturated carbocycles. The van der Waals surface area contributed by atoms with Crippen molar-refractivity contribution < 1.29 is 9.59 Å². The van der Waals surface area contributed by atoms with Gasteiger partial charge in [-0.15, -0.1) is 11.8 Å². The monoisotopic (exact) mass is 222 g/mol. The van der Waals surface area contributed by atoms with Crippen LogP contribution in [-0.2, 0) is 9.59 Å². The molecule has 4 nitrogen and oxygen atoms in total. The first kappa shape index (κ1) is 12.6. The standard InChI is InChI=1S/C12H18N2O2/c1-4-6-7-8-14-10(5-2)11(15)13-9(3)12(14)16/h9-10H,5,7-8H2,1-3H3,(H,13,15). The average Bonchev–Trinajstić information content (AvgIpc) is 2.25. The Balaban J connectivity index is 2.75. The molecule has 0 aromatic heterocycles. The second kappa shape index (κ2) is 5.55. The van der Waals surface area contributed by atoms with Gasteiger partial charge >= 0.3 is 0 Å². The first-order chi connectivity index (χ1) is 7.61. The molecule has 0 aromatic carbocycles. The number of nitrogens with zero attached hydrogens (tertiary/aromatic N) is 1. The molecule has 88 valence electrons. The number of hydrogen-bond donors (Lipinski definition) is 1. The Labute approximate surface area is 96.4 Å². The maximum absolute atomic E-state index is 11.9. The van der Waals surface area contributed by atoms with E-state index in [1.54, 1.807) is 18.7 Å². The van der Waals surface area contributed by atoms with Crippen molar-refractivity contribution in [2.24, 2.45) is 0 Å². The molecule has 0 aromatic rings. The van der Waals surface area contributed by atoms with Gasteiger partial charge in [0.1, 0.15) is 12.1 Å². The maximum atomic E-state index is 11.9. The number of carbonyl (C=O) groups excluding carboxylic acids is 2. The van der Waals surface area contributed by atoms with Crippen molar-refractivity contribution in [2.45, 2.75) is 45.7 Å². The minimum Gasteiger partial charge on any atom is -0.343 e. The Morgan fingerprint density at radius 2 is 2.12 bits per heavy atom. The molecule has 16 heavy (non-hydrogen) atoms. The lowest BCUT2D eigenvalue weighted by Gasteiger charge is -2.37. The van der Waals surface area contributed by atoms with Crippen LogP contribution in [0, 0.1) is 11.8 Å². The van der Waals surface area contributed by atoms with Crippen LogP contribution < -0.4 is 5.32 Å². The van der Waals surface area contributed by atoms with Gasteiger partial charge in [-0.1, -0.05) is 6.92 Å². The second-order valence-corrected chi connectivity index (χ2v) is 3.86. The summed E-state index contributed by atoms with van der Waals surface area (Å²) in [4.78, 5) is 25.2. The predicted molar refractivity (Wildman–Crippen MR) is 61.5 cm³/mol. The Morgan fingerprint density at radius 1 is 1.44 bits per heavy atom. The molecule has 0 spiro atoms. The largest absolute Gasteiger partial charge is 0.343 e. The third-order valence-corrected chi connectivity index (χ3v) is 2.73. The lowest BCUT2D eigenvalue weighted by Crippen LogP contribution is -2.62. The van der Waals surface area contributed by atoms with Gasteiger partial charge < -0.3 is 10.2 Å². The van der Waals surface area contributed by atoms with Crippen LogP contribution >= 0.6 is 0 Å². The van der Waals surface area contributed by atoms with Crippen LogP contribution in [0.5, 0.6) is 0 Å². The predicted octanol–water partition coefficient (Wildman–Crippen LogP) is 0.525. The molecule has 0 bridgehead atoms. The average molecular weight is 222 g/mol. The van der Waals surface area contributed by atoms with Crippen LogP contribution in [0.1, 0.15) is 33.6 Å². The van der Waals surface area contributed by atoms with Crippen LogP contribution in [0.3, 0.4) is 0 Å². The van der Waals surface area contributed by atoms with Gasteiger partial charge in [0.15, 0.2) is 0 Å². The highest BCUT2D eigenvalue weighted by Crippen LogP contribution is 2.13. The summed E-state index contributed by atoms with van der Waals surface area (Å²) in [6.07, 6.45) is 1.27. The van der Waals surface area contributed by atoms with E-state index in [-0.39, 0.29) is 17.9 Å². The van der Waals surface area contributed by atoms with Crippen LogP contribution in [0.15, 0.2) is 0 Å². The molecule has 2 amide bonds. The van der Waals surface area contributed by atoms with Gasteiger partial charge in [0.25, 0.3) is 0 Å². The summed E-state index contributed by atoms with van der Waals surface area (Å²) in [5.74, 6) is 5.64. The zero-order valence-corrected chi connectivity index (χ0v) is 10.0. The number of hydrogen-bond acceptors (Lipinski definition) is 2. The summed E-state index contributed by atoms with van der Waals surface area (Å²) in [5, 5.41) is 2.68. The summed E-state index contributed by atoms with van der Waals surface area (Å²) in [6.45, 7) is 5.93. The molecule has 2 atom stereocenters. The number of amides is 2. The maximum Gasteiger partial charge on any atom is 0.245 e. The molecule has 1 saturated heterocycles. The van der Waals surface area contributed by atoms with Crippen molar-refractivity contribution in [2.75, 3.05) is 6.54 Å². The zero-order chi connectivity index (χ0) is 12.1. The number of rotatable bonds is 3. The number of piperazine rings is 1. The van der Waals surface area contributed by atoms with Crippen LogP contribution in [0.4, 0.5) is 0 Å². The summed E-state index contributed by atoms with van der Waals surface area (Å²) in [6, 6.07) is -0.743. The topological polar surface area (TPSA) is 49.4 Å². The lowest BCUT2D eigenvalue weighted by molar-refractivity contribution is -0.148. The molecule has 1 heterocycles. The number of carbonyl (C=O) groups is 2. The highest BCUT2D eigenvalue weighted by molar-refractivity contribution is 5.96. The third kappa shape index (κ3) is 2.54. The highest BCUT2D eigenvalue weighted by atomic mass is 16.2. The van der Waals surface area contributed by atoms with Crippen molar-refractivity contribution >= 4 is 11.8 Å². The van der Waals surface area contributed by atoms with Gasteiger partial charge in [0.2, 0.25) is 11.8 Å². The second-order valence-electron chi connectivity index (χ2n) is 3.86. The van der Waals surface area contributed by atoms with Gasteiger partial charge in [0, 0.05) is 13.0 Å². The normalized spacial score (nSPS) is 24.8. The lowest BCUT2D eigenvalue weighted by atomic mass is 10.1. The van der Waals surface area contributed by atoms with E-state index >= 15 is 0 Å². The van der Waals surface area contributed by atoms with Gasteiger partial charge in [-0.3, -0.25) is 9.59 Å². The molecule has 1 aliphatic rings. The van der Waals surface area contributed by atoms with Crippen LogP contribution in [-0.4, -0.2) is 35.3 Å². The highest BCUT2D eigenvalue weighted by Gasteiger charge is 2.36. The van der Waals surface area contributed by atoms with Crippen LogP contribution in [0.25, 0.3) is 0 Å². The van der Waals surface area contributed by atoms with E-state index in [9.17, 15) is 9.59 Å². The Hall–Kier alpha value is -1.50. The quantitative estimate of drug-likeness (QED) is 0.708. The van der Waals surface area contributed by atoms with Gasteiger partial charge in [-0.2, -0.15) is 0 Å². The van der Waals surface area contributed by atoms with E-state index < -0.39 is 6.04 Å². The summed E-state index contributed by atoms with van der Waals surface area (Å²) in [7, 11) is 0. The van der Waals surface area contributed by atoms with E-state index in [0.717, 1.165) is 0 Å². The molecule has 1 fully saturated rings. The Morgan fingerprint density at radius 3 is 2.69 bits per heavy atom. The molecular weight excluding hydrogens is 204 g/mol. The molecule has 0 radical (unpaired) electrons. The fourth-order valence-corrected chi connectivity index (χ4v) is 1.89. The van der Waals surface area contributed by atoms with E-state index in [1.807, 2.05) is 6.92 Å². The molecule has 1 rings (SSSR count). The molecule has 2 unspecified atom stereocenters. The first-order valence-corrected chi connectivity index (χ1v) is 5.62. The SMILES string of the molecule is CC#CCCN1C(=O)C(C)NC(=O)C1CC. The number of nitrogens with one attached hydrogen (secondary N) is 1. The van der Waals surface area contributed by atoms with Crippen molar-refractivity contribution in [1.82, 2.24) is 10.2 Å². The van der Waals surface area contributed by atoms with E-state index in [2.05, 4.69) is 17.2 Å². The van der Waals surface area contributed by atoms with Crippen molar-refractivity contribution in [3.05, 3.63) is 0 Å². The first-order valence-electron chi connectivity index (χ1n) is 5.62. The third-order valence-electron chi connectivity index (χ3n) is 2.73. The summed E-state index contributed by atoms with van der Waals surface area (Å²) in [5.41, 5.74) is 0. The fraction of sp³-hybridized carbons (Fsp3) is 0.667. The van der Waals surface area contributed by atoms with Crippen LogP contribution in [0.2, 0.25) is 0 Å². The van der Waals surface area contributed by atoms with Gasteiger partial charge in [0.05, 0.1) is 0 Å². The van der Waals surface area contributed by atoms with Crippen molar-refractivity contribution in [1.29, 1.82) is 0 Å². The molecular formula is C12H18N2O2. The molecule has 1 aliphatic heterocycles. The fourth-order valence-electron chi connectivity index (χ4n) is 1.89. The molecule has 1 N–H and O–H groups in total. The van der Waals surface area contributed by atoms with Crippen molar-refractivity contribution in [3.63, 3.8) is 0 Å².